The third kappa shape index (κ3) is 2.93. The van der Waals surface area contributed by atoms with E-state index in [0.717, 1.165) is 12.2 Å². The number of carbonyl (C=O) groups is 2. The molecule has 2 saturated heterocycles. The molecule has 3 rings (SSSR count). The van der Waals surface area contributed by atoms with Crippen LogP contribution in [0, 0.1) is 0 Å². The predicted octanol–water partition coefficient (Wildman–Crippen LogP) is 1.31. The molecule has 0 aromatic heterocycles. The van der Waals surface area contributed by atoms with Gasteiger partial charge in [-0.05, 0) is 37.1 Å². The van der Waals surface area contributed by atoms with E-state index < -0.39 is 0 Å². The van der Waals surface area contributed by atoms with Crippen molar-refractivity contribution in [2.45, 2.75) is 25.3 Å². The quantitative estimate of drug-likeness (QED) is 0.833. The summed E-state index contributed by atoms with van der Waals surface area (Å²) in [6, 6.07) is 8.66. The number of piperazine rings is 1. The Bertz CT molecular complexity index is 517. The number of anilines is 1. The van der Waals surface area contributed by atoms with Gasteiger partial charge in [0, 0.05) is 18.8 Å². The topological polar surface area (TPSA) is 52.7 Å². The van der Waals surface area contributed by atoms with E-state index in [2.05, 4.69) is 17.4 Å². The van der Waals surface area contributed by atoms with E-state index in [1.165, 1.54) is 29.7 Å². The van der Waals surface area contributed by atoms with Crippen LogP contribution in [0.3, 0.4) is 0 Å². The molecule has 2 aliphatic rings. The second kappa shape index (κ2) is 5.85. The standard InChI is InChI=1S/C16H21N3O2/c1-18-15(20)10-19(11-16(18)21)13-7-5-12(6-8-13)14-4-2-3-9-17-14/h5-8,14,17H,2-4,9-11H2,1H3. The highest BCUT2D eigenvalue weighted by atomic mass is 16.2. The first-order chi connectivity index (χ1) is 10.1. The Morgan fingerprint density at radius 3 is 2.29 bits per heavy atom. The molecule has 1 unspecified atom stereocenters. The van der Waals surface area contributed by atoms with Crippen molar-refractivity contribution in [2.75, 3.05) is 31.6 Å². The maximum atomic E-state index is 11.8. The minimum Gasteiger partial charge on any atom is -0.353 e. The van der Waals surface area contributed by atoms with E-state index in [1.807, 2.05) is 17.0 Å². The average molecular weight is 287 g/mol. The van der Waals surface area contributed by atoms with Crippen LogP contribution in [0.25, 0.3) is 0 Å². The van der Waals surface area contributed by atoms with Crippen LogP contribution >= 0.6 is 0 Å². The molecule has 112 valence electrons. The molecule has 1 N–H and O–H groups in total. The zero-order valence-corrected chi connectivity index (χ0v) is 12.3. The summed E-state index contributed by atoms with van der Waals surface area (Å²) >= 11 is 0. The van der Waals surface area contributed by atoms with Crippen molar-refractivity contribution in [3.8, 4) is 0 Å². The van der Waals surface area contributed by atoms with Gasteiger partial charge in [0.1, 0.15) is 0 Å². The van der Waals surface area contributed by atoms with Gasteiger partial charge in [0.2, 0.25) is 11.8 Å². The smallest absolute Gasteiger partial charge is 0.248 e. The molecule has 1 aromatic rings. The number of piperidine rings is 1. The van der Waals surface area contributed by atoms with E-state index in [-0.39, 0.29) is 24.9 Å². The average Bonchev–Trinajstić information content (AvgIpc) is 2.53. The Hall–Kier alpha value is -1.88. The van der Waals surface area contributed by atoms with E-state index in [9.17, 15) is 9.59 Å². The summed E-state index contributed by atoms with van der Waals surface area (Å²) in [5.41, 5.74) is 2.22. The normalized spacial score (nSPS) is 23.6. The zero-order valence-electron chi connectivity index (χ0n) is 12.3. The van der Waals surface area contributed by atoms with Crippen molar-refractivity contribution < 1.29 is 9.59 Å². The van der Waals surface area contributed by atoms with Crippen molar-refractivity contribution in [3.05, 3.63) is 29.8 Å². The van der Waals surface area contributed by atoms with Gasteiger partial charge in [-0.2, -0.15) is 0 Å². The van der Waals surface area contributed by atoms with Gasteiger partial charge in [0.25, 0.3) is 0 Å². The Balaban J connectivity index is 1.72. The molecule has 0 spiro atoms. The molecule has 2 aliphatic heterocycles. The van der Waals surface area contributed by atoms with E-state index in [0.29, 0.717) is 6.04 Å². The van der Waals surface area contributed by atoms with Crippen molar-refractivity contribution in [2.24, 2.45) is 0 Å². The Kier molecular flexibility index (Phi) is 3.92. The first-order valence-electron chi connectivity index (χ1n) is 7.53. The molecule has 0 bridgehead atoms. The molecular formula is C16H21N3O2. The summed E-state index contributed by atoms with van der Waals surface area (Å²) in [4.78, 5) is 26.6. The SMILES string of the molecule is CN1C(=O)CN(c2ccc(C3CCCCN3)cc2)CC1=O. The lowest BCUT2D eigenvalue weighted by Gasteiger charge is -2.32. The van der Waals surface area contributed by atoms with E-state index >= 15 is 0 Å². The molecule has 0 radical (unpaired) electrons. The minimum atomic E-state index is -0.149. The fraction of sp³-hybridized carbons (Fsp3) is 0.500. The van der Waals surface area contributed by atoms with Gasteiger partial charge in [-0.3, -0.25) is 14.5 Å². The maximum absolute atomic E-state index is 11.8. The lowest BCUT2D eigenvalue weighted by atomic mass is 9.97. The van der Waals surface area contributed by atoms with Crippen molar-refractivity contribution in [1.29, 1.82) is 0 Å². The first-order valence-corrected chi connectivity index (χ1v) is 7.53. The van der Waals surface area contributed by atoms with Crippen LogP contribution in [-0.4, -0.2) is 43.4 Å². The summed E-state index contributed by atoms with van der Waals surface area (Å²) < 4.78 is 0. The van der Waals surface area contributed by atoms with Gasteiger partial charge in [0.05, 0.1) is 13.1 Å². The van der Waals surface area contributed by atoms with Crippen LogP contribution in [0.4, 0.5) is 5.69 Å². The number of amides is 2. The van der Waals surface area contributed by atoms with E-state index in [1.54, 1.807) is 7.05 Å². The fourth-order valence-electron chi connectivity index (χ4n) is 2.97. The number of nitrogens with one attached hydrogen (secondary N) is 1. The first kappa shape index (κ1) is 14.1. The van der Waals surface area contributed by atoms with Gasteiger partial charge in [0.15, 0.2) is 0 Å². The molecule has 2 amide bonds. The molecule has 5 heteroatoms. The molecule has 21 heavy (non-hydrogen) atoms. The van der Waals surface area contributed by atoms with Crippen molar-refractivity contribution in [3.63, 3.8) is 0 Å². The molecule has 1 aromatic carbocycles. The molecule has 0 saturated carbocycles. The van der Waals surface area contributed by atoms with E-state index in [4.69, 9.17) is 0 Å². The summed E-state index contributed by atoms with van der Waals surface area (Å²) in [5, 5.41) is 3.53. The third-order valence-electron chi connectivity index (χ3n) is 4.37. The zero-order chi connectivity index (χ0) is 14.8. The highest BCUT2D eigenvalue weighted by Gasteiger charge is 2.28. The number of likely N-dealkylation sites (N-methyl/N-ethyl adjacent to an activating group) is 1. The van der Waals surface area contributed by atoms with Crippen molar-refractivity contribution >= 4 is 17.5 Å². The van der Waals surface area contributed by atoms with Crippen LogP contribution in [0.2, 0.25) is 0 Å². The molecule has 2 fully saturated rings. The third-order valence-corrected chi connectivity index (χ3v) is 4.37. The highest BCUT2D eigenvalue weighted by molar-refractivity contribution is 6.02. The Labute approximate surface area is 124 Å². The van der Waals surface area contributed by atoms with Gasteiger partial charge < -0.3 is 10.2 Å². The number of rotatable bonds is 2. The number of nitrogens with zero attached hydrogens (tertiary/aromatic N) is 2. The molecule has 0 aliphatic carbocycles. The Morgan fingerprint density at radius 2 is 1.71 bits per heavy atom. The summed E-state index contributed by atoms with van der Waals surface area (Å²) in [6.45, 7) is 1.61. The molecule has 1 atom stereocenters. The minimum absolute atomic E-state index is 0.149. The predicted molar refractivity (Wildman–Crippen MR) is 81.0 cm³/mol. The van der Waals surface area contributed by atoms with Crippen LogP contribution in [0.1, 0.15) is 30.9 Å². The van der Waals surface area contributed by atoms with Gasteiger partial charge >= 0.3 is 0 Å². The number of imide groups is 1. The highest BCUT2D eigenvalue weighted by Crippen LogP contribution is 2.25. The lowest BCUT2D eigenvalue weighted by molar-refractivity contribution is -0.143. The Morgan fingerprint density at radius 1 is 1.05 bits per heavy atom. The van der Waals surface area contributed by atoms with Gasteiger partial charge in [-0.25, -0.2) is 0 Å². The van der Waals surface area contributed by atoms with Crippen LogP contribution < -0.4 is 10.2 Å². The second-order valence-corrected chi connectivity index (χ2v) is 5.80. The number of carbonyl (C=O) groups excluding carboxylic acids is 2. The second-order valence-electron chi connectivity index (χ2n) is 5.80. The van der Waals surface area contributed by atoms with Crippen LogP contribution in [-0.2, 0) is 9.59 Å². The number of benzene rings is 1. The van der Waals surface area contributed by atoms with Crippen LogP contribution in [0.5, 0.6) is 0 Å². The van der Waals surface area contributed by atoms with Crippen LogP contribution in [0.15, 0.2) is 24.3 Å². The molecule has 2 heterocycles. The maximum Gasteiger partial charge on any atom is 0.248 e. The number of hydrogen-bond donors (Lipinski definition) is 1. The van der Waals surface area contributed by atoms with Gasteiger partial charge in [-0.1, -0.05) is 18.6 Å². The monoisotopic (exact) mass is 287 g/mol. The fourth-order valence-corrected chi connectivity index (χ4v) is 2.97. The summed E-state index contributed by atoms with van der Waals surface area (Å²) in [6.07, 6.45) is 3.69. The molecule has 5 nitrogen and oxygen atoms in total. The van der Waals surface area contributed by atoms with Gasteiger partial charge in [-0.15, -0.1) is 0 Å². The lowest BCUT2D eigenvalue weighted by Crippen LogP contribution is -2.52. The number of hydrogen-bond acceptors (Lipinski definition) is 4. The summed E-state index contributed by atoms with van der Waals surface area (Å²) in [5.74, 6) is -0.298. The van der Waals surface area contributed by atoms with Crippen molar-refractivity contribution in [1.82, 2.24) is 10.2 Å². The summed E-state index contributed by atoms with van der Waals surface area (Å²) in [7, 11) is 1.54. The molecular weight excluding hydrogens is 266 g/mol. The largest absolute Gasteiger partial charge is 0.353 e.